The highest BCUT2D eigenvalue weighted by atomic mass is 35.5. The molecule has 1 aromatic rings. The molecule has 104 valence electrons. The van der Waals surface area contributed by atoms with Crippen LogP contribution in [0.25, 0.3) is 0 Å². The summed E-state index contributed by atoms with van der Waals surface area (Å²) in [4.78, 5) is 11.7. The van der Waals surface area contributed by atoms with Crippen molar-refractivity contribution in [2.45, 2.75) is 38.7 Å². The van der Waals surface area contributed by atoms with Crippen molar-refractivity contribution in [3.8, 4) is 0 Å². The van der Waals surface area contributed by atoms with E-state index in [1.807, 2.05) is 12.1 Å². The summed E-state index contributed by atoms with van der Waals surface area (Å²) in [6.07, 6.45) is 4.39. The van der Waals surface area contributed by atoms with Gasteiger partial charge in [0.25, 0.3) is 0 Å². The lowest BCUT2D eigenvalue weighted by Crippen LogP contribution is -2.27. The van der Waals surface area contributed by atoms with E-state index in [-0.39, 0.29) is 18.6 Å². The Morgan fingerprint density at radius 3 is 2.79 bits per heavy atom. The van der Waals surface area contributed by atoms with Crippen LogP contribution >= 0.6 is 11.6 Å². The van der Waals surface area contributed by atoms with Crippen molar-refractivity contribution >= 4 is 23.3 Å². The van der Waals surface area contributed by atoms with Gasteiger partial charge in [-0.05, 0) is 49.8 Å². The third-order valence-corrected chi connectivity index (χ3v) is 3.76. The van der Waals surface area contributed by atoms with Crippen LogP contribution in [-0.2, 0) is 9.53 Å². The maximum absolute atomic E-state index is 11.7. The Balaban J connectivity index is 1.73. The number of esters is 1. The van der Waals surface area contributed by atoms with Crippen molar-refractivity contribution in [2.75, 3.05) is 11.9 Å². The molecule has 0 aliphatic heterocycles. The number of ether oxygens (including phenoxy) is 1. The lowest BCUT2D eigenvalue weighted by Gasteiger charge is -2.26. The highest BCUT2D eigenvalue weighted by Gasteiger charge is 2.21. The minimum Gasteiger partial charge on any atom is -0.461 e. The van der Waals surface area contributed by atoms with Crippen molar-refractivity contribution in [3.05, 3.63) is 29.3 Å². The predicted octanol–water partition coefficient (Wildman–Crippen LogP) is 3.87. The summed E-state index contributed by atoms with van der Waals surface area (Å²) in [5.74, 6) is 0.569. The summed E-state index contributed by atoms with van der Waals surface area (Å²) in [6.45, 7) is 2.44. The second-order valence-corrected chi connectivity index (χ2v) is 5.67. The van der Waals surface area contributed by atoms with Gasteiger partial charge in [0.05, 0.1) is 0 Å². The number of halogens is 1. The van der Waals surface area contributed by atoms with Crippen LogP contribution < -0.4 is 5.32 Å². The highest BCUT2D eigenvalue weighted by Crippen LogP contribution is 2.25. The number of carbonyl (C=O) groups is 1. The van der Waals surface area contributed by atoms with Crippen LogP contribution in [0, 0.1) is 5.92 Å². The number of nitrogens with one attached hydrogen (secondary N) is 1. The first-order valence-electron chi connectivity index (χ1n) is 6.82. The fourth-order valence-corrected chi connectivity index (χ4v) is 2.54. The number of hydrogen-bond acceptors (Lipinski definition) is 3. The van der Waals surface area contributed by atoms with E-state index in [2.05, 4.69) is 12.2 Å². The molecule has 0 amide bonds. The zero-order valence-electron chi connectivity index (χ0n) is 11.2. The third-order valence-electron chi connectivity index (χ3n) is 3.52. The summed E-state index contributed by atoms with van der Waals surface area (Å²) < 4.78 is 5.46. The molecule has 1 saturated carbocycles. The van der Waals surface area contributed by atoms with E-state index < -0.39 is 0 Å². The van der Waals surface area contributed by atoms with Crippen LogP contribution in [0.5, 0.6) is 0 Å². The molecule has 0 unspecified atom stereocenters. The summed E-state index contributed by atoms with van der Waals surface area (Å²) in [5, 5.41) is 3.68. The van der Waals surface area contributed by atoms with Gasteiger partial charge in [0.1, 0.15) is 12.6 Å². The first-order valence-corrected chi connectivity index (χ1v) is 7.20. The summed E-state index contributed by atoms with van der Waals surface area (Å²) in [7, 11) is 0. The molecule has 0 heterocycles. The molecule has 1 aliphatic rings. The molecule has 0 saturated heterocycles. The first kappa shape index (κ1) is 14.2. The molecule has 4 heteroatoms. The largest absolute Gasteiger partial charge is 0.461 e. The van der Waals surface area contributed by atoms with Crippen LogP contribution in [0.1, 0.15) is 32.6 Å². The van der Waals surface area contributed by atoms with Crippen LogP contribution in [-0.4, -0.2) is 18.6 Å². The van der Waals surface area contributed by atoms with Gasteiger partial charge in [-0.1, -0.05) is 24.6 Å². The van der Waals surface area contributed by atoms with Gasteiger partial charge < -0.3 is 10.1 Å². The lowest BCUT2D eigenvalue weighted by atomic mass is 9.89. The topological polar surface area (TPSA) is 38.3 Å². The molecule has 0 atom stereocenters. The van der Waals surface area contributed by atoms with Gasteiger partial charge in [0, 0.05) is 10.7 Å². The molecule has 1 fully saturated rings. The molecule has 0 aromatic heterocycles. The predicted molar refractivity (Wildman–Crippen MR) is 77.5 cm³/mol. The Morgan fingerprint density at radius 1 is 1.37 bits per heavy atom. The van der Waals surface area contributed by atoms with Crippen molar-refractivity contribution in [2.24, 2.45) is 5.92 Å². The Labute approximate surface area is 119 Å². The minimum atomic E-state index is -0.195. The van der Waals surface area contributed by atoms with Gasteiger partial charge in [0.15, 0.2) is 0 Å². The number of benzene rings is 1. The van der Waals surface area contributed by atoms with Crippen molar-refractivity contribution in [1.82, 2.24) is 0 Å². The van der Waals surface area contributed by atoms with Crippen LogP contribution in [0.3, 0.4) is 0 Å². The number of hydrogen-bond donors (Lipinski definition) is 1. The molecule has 0 bridgehead atoms. The molecule has 2 rings (SSSR count). The molecule has 19 heavy (non-hydrogen) atoms. The number of carbonyl (C=O) groups excluding carboxylic acids is 1. The SMILES string of the molecule is CC1CCC(OC(=O)CNc2cccc(Cl)c2)CC1. The summed E-state index contributed by atoms with van der Waals surface area (Å²) in [5.41, 5.74) is 0.835. The van der Waals surface area contributed by atoms with Gasteiger partial charge >= 0.3 is 5.97 Å². The second kappa shape index (κ2) is 6.80. The van der Waals surface area contributed by atoms with Gasteiger partial charge in [-0.15, -0.1) is 0 Å². The molecule has 1 aliphatic carbocycles. The molecule has 1 N–H and O–H groups in total. The summed E-state index contributed by atoms with van der Waals surface area (Å²) >= 11 is 5.87. The first-order chi connectivity index (χ1) is 9.13. The van der Waals surface area contributed by atoms with E-state index in [0.29, 0.717) is 5.02 Å². The molecule has 0 spiro atoms. The Morgan fingerprint density at radius 2 is 2.11 bits per heavy atom. The molecular weight excluding hydrogens is 262 g/mol. The molecule has 3 nitrogen and oxygen atoms in total. The van der Waals surface area contributed by atoms with Crippen molar-refractivity contribution < 1.29 is 9.53 Å². The number of anilines is 1. The third kappa shape index (κ3) is 4.75. The fourth-order valence-electron chi connectivity index (χ4n) is 2.35. The molecular formula is C15H20ClNO2. The van der Waals surface area contributed by atoms with E-state index >= 15 is 0 Å². The fraction of sp³-hybridized carbons (Fsp3) is 0.533. The maximum atomic E-state index is 11.7. The standard InChI is InChI=1S/C15H20ClNO2/c1-11-5-7-14(8-6-11)19-15(18)10-17-13-4-2-3-12(16)9-13/h2-4,9,11,14,17H,5-8,10H2,1H3. The van der Waals surface area contributed by atoms with Crippen molar-refractivity contribution in [3.63, 3.8) is 0 Å². The monoisotopic (exact) mass is 281 g/mol. The van der Waals surface area contributed by atoms with Crippen LogP contribution in [0.15, 0.2) is 24.3 Å². The average molecular weight is 282 g/mol. The van der Waals surface area contributed by atoms with Crippen molar-refractivity contribution in [1.29, 1.82) is 0 Å². The Kier molecular flexibility index (Phi) is 5.08. The Hall–Kier alpha value is -1.22. The smallest absolute Gasteiger partial charge is 0.325 e. The zero-order chi connectivity index (χ0) is 13.7. The second-order valence-electron chi connectivity index (χ2n) is 5.24. The van der Waals surface area contributed by atoms with Gasteiger partial charge in [-0.3, -0.25) is 4.79 Å². The Bertz CT molecular complexity index is 428. The molecule has 0 radical (unpaired) electrons. The van der Waals surface area contributed by atoms with Gasteiger partial charge in [-0.25, -0.2) is 0 Å². The lowest BCUT2D eigenvalue weighted by molar-refractivity contribution is -0.148. The normalized spacial score (nSPS) is 22.8. The summed E-state index contributed by atoms with van der Waals surface area (Å²) in [6, 6.07) is 7.31. The quantitative estimate of drug-likeness (QED) is 0.852. The number of rotatable bonds is 4. The highest BCUT2D eigenvalue weighted by molar-refractivity contribution is 6.30. The zero-order valence-corrected chi connectivity index (χ0v) is 12.0. The van der Waals surface area contributed by atoms with E-state index in [0.717, 1.165) is 37.3 Å². The van der Waals surface area contributed by atoms with E-state index in [4.69, 9.17) is 16.3 Å². The van der Waals surface area contributed by atoms with Crippen LogP contribution in [0.2, 0.25) is 5.02 Å². The van der Waals surface area contributed by atoms with E-state index in [1.165, 1.54) is 0 Å². The maximum Gasteiger partial charge on any atom is 0.325 e. The minimum absolute atomic E-state index is 0.102. The van der Waals surface area contributed by atoms with E-state index in [9.17, 15) is 4.79 Å². The van der Waals surface area contributed by atoms with E-state index in [1.54, 1.807) is 12.1 Å². The van der Waals surface area contributed by atoms with Gasteiger partial charge in [0.2, 0.25) is 0 Å². The van der Waals surface area contributed by atoms with Gasteiger partial charge in [-0.2, -0.15) is 0 Å². The van der Waals surface area contributed by atoms with Crippen LogP contribution in [0.4, 0.5) is 5.69 Å². The molecule has 1 aromatic carbocycles. The average Bonchev–Trinajstić information content (AvgIpc) is 2.39.